The van der Waals surface area contributed by atoms with Gasteiger partial charge in [0.25, 0.3) is 5.56 Å². The Balaban J connectivity index is 1.61. The fourth-order valence-electron chi connectivity index (χ4n) is 3.72. The first kappa shape index (κ1) is 17.6. The number of hydrogen-bond donors (Lipinski definition) is 1. The summed E-state index contributed by atoms with van der Waals surface area (Å²) in [5.74, 6) is 0. The molecule has 2 aromatic carbocycles. The maximum absolute atomic E-state index is 13.2. The van der Waals surface area contributed by atoms with Gasteiger partial charge in [0.15, 0.2) is 0 Å². The molecule has 29 heavy (non-hydrogen) atoms. The van der Waals surface area contributed by atoms with Gasteiger partial charge in [0.2, 0.25) is 0 Å². The summed E-state index contributed by atoms with van der Waals surface area (Å²) >= 11 is 1.49. The summed E-state index contributed by atoms with van der Waals surface area (Å²) in [4.78, 5) is 29.1. The molecule has 7 heteroatoms. The molecule has 0 saturated heterocycles. The summed E-state index contributed by atoms with van der Waals surface area (Å²) in [6.45, 7) is 2.37. The number of aromatic nitrogens is 4. The van der Waals surface area contributed by atoms with Crippen LogP contribution in [0.15, 0.2) is 70.3 Å². The summed E-state index contributed by atoms with van der Waals surface area (Å²) in [7, 11) is 0. The van der Waals surface area contributed by atoms with Crippen LogP contribution in [0, 0.1) is 6.92 Å². The van der Waals surface area contributed by atoms with Gasteiger partial charge in [0.05, 0.1) is 10.2 Å². The molecule has 3 aromatic heterocycles. The third kappa shape index (κ3) is 3.00. The summed E-state index contributed by atoms with van der Waals surface area (Å²) < 4.78 is 4.24. The topological polar surface area (TPSA) is 73.9 Å². The van der Waals surface area contributed by atoms with Crippen LogP contribution in [-0.4, -0.2) is 14.3 Å². The second-order valence-corrected chi connectivity index (χ2v) is 8.06. The van der Waals surface area contributed by atoms with Crippen molar-refractivity contribution in [3.05, 3.63) is 92.6 Å². The van der Waals surface area contributed by atoms with Crippen LogP contribution in [0.2, 0.25) is 0 Å². The monoisotopic (exact) mass is 403 g/mol. The van der Waals surface area contributed by atoms with E-state index in [2.05, 4.69) is 10.1 Å². The van der Waals surface area contributed by atoms with Crippen LogP contribution >= 0.6 is 11.3 Å². The third-order valence-corrected chi connectivity index (χ3v) is 6.28. The van der Waals surface area contributed by atoms with E-state index in [0.29, 0.717) is 28.3 Å². The lowest BCUT2D eigenvalue weighted by Crippen LogP contribution is -2.24. The SMILES string of the molecule is Cc1c2c(=O)n(-c3[nH+]c4ccccc4s3)[nH]c2cc(=O)n1CCc1ccccc1. The Morgan fingerprint density at radius 3 is 2.59 bits per heavy atom. The number of benzene rings is 2. The van der Waals surface area contributed by atoms with Gasteiger partial charge in [0.1, 0.15) is 10.9 Å². The van der Waals surface area contributed by atoms with Crippen molar-refractivity contribution in [1.29, 1.82) is 0 Å². The van der Waals surface area contributed by atoms with Gasteiger partial charge < -0.3 is 4.57 Å². The van der Waals surface area contributed by atoms with E-state index in [0.717, 1.165) is 22.2 Å². The number of nitrogens with zero attached hydrogens (tertiary/aromatic N) is 2. The zero-order chi connectivity index (χ0) is 20.0. The largest absolute Gasteiger partial charge is 0.369 e. The molecule has 2 N–H and O–H groups in total. The Hall–Kier alpha value is -3.45. The standard InChI is InChI=1S/C22H18N4O2S/c1-14-20-17(13-19(27)25(14)12-11-15-7-3-2-4-8-15)24-26(21(20)28)22-23-16-9-5-6-10-18(16)29-22/h2-10,13,24H,11-12H2,1H3/p+1. The molecule has 144 valence electrons. The molecule has 0 aliphatic carbocycles. The lowest BCUT2D eigenvalue weighted by Gasteiger charge is -2.09. The third-order valence-electron chi connectivity index (χ3n) is 5.22. The fourth-order valence-corrected chi connectivity index (χ4v) is 4.69. The summed E-state index contributed by atoms with van der Waals surface area (Å²) in [5.41, 5.74) is 3.10. The van der Waals surface area contributed by atoms with Gasteiger partial charge in [0, 0.05) is 18.3 Å². The molecule has 5 rings (SSSR count). The normalized spacial score (nSPS) is 11.5. The molecule has 0 saturated carbocycles. The highest BCUT2D eigenvalue weighted by atomic mass is 32.1. The smallest absolute Gasteiger partial charge is 0.312 e. The quantitative estimate of drug-likeness (QED) is 0.501. The minimum Gasteiger partial charge on any atom is -0.312 e. The van der Waals surface area contributed by atoms with Crippen molar-refractivity contribution in [3.8, 4) is 5.13 Å². The molecule has 6 nitrogen and oxygen atoms in total. The van der Waals surface area contributed by atoms with Gasteiger partial charge in [-0.2, -0.15) is 0 Å². The molecule has 0 radical (unpaired) electrons. The van der Waals surface area contributed by atoms with Crippen LogP contribution in [0.1, 0.15) is 11.3 Å². The Kier molecular flexibility index (Phi) is 4.17. The van der Waals surface area contributed by atoms with E-state index in [-0.39, 0.29) is 11.1 Å². The number of pyridine rings is 1. The van der Waals surface area contributed by atoms with Crippen LogP contribution < -0.4 is 16.1 Å². The molecule has 3 heterocycles. The Labute approximate surface area is 169 Å². The maximum Gasteiger partial charge on any atom is 0.369 e. The molecule has 0 fully saturated rings. The van der Waals surface area contributed by atoms with E-state index in [9.17, 15) is 9.59 Å². The van der Waals surface area contributed by atoms with Crippen LogP contribution in [0.25, 0.3) is 26.3 Å². The van der Waals surface area contributed by atoms with E-state index in [1.54, 1.807) is 4.57 Å². The van der Waals surface area contributed by atoms with Gasteiger partial charge in [-0.3, -0.25) is 4.79 Å². The number of aromatic amines is 2. The number of aryl methyl sites for hydroxylation is 2. The van der Waals surface area contributed by atoms with E-state index in [1.807, 2.05) is 61.5 Å². The minimum absolute atomic E-state index is 0.111. The Morgan fingerprint density at radius 1 is 1.03 bits per heavy atom. The van der Waals surface area contributed by atoms with Gasteiger partial charge >= 0.3 is 10.7 Å². The van der Waals surface area contributed by atoms with Crippen molar-refractivity contribution in [2.24, 2.45) is 0 Å². The second-order valence-electron chi connectivity index (χ2n) is 7.02. The number of para-hydroxylation sites is 1. The van der Waals surface area contributed by atoms with Crippen molar-refractivity contribution in [1.82, 2.24) is 14.3 Å². The zero-order valence-electron chi connectivity index (χ0n) is 15.8. The van der Waals surface area contributed by atoms with Crippen LogP contribution in [0.3, 0.4) is 0 Å². The van der Waals surface area contributed by atoms with E-state index < -0.39 is 0 Å². The van der Waals surface area contributed by atoms with Gasteiger partial charge in [-0.1, -0.05) is 47.1 Å². The van der Waals surface area contributed by atoms with Crippen molar-refractivity contribution in [2.45, 2.75) is 19.9 Å². The number of fused-ring (bicyclic) bond motifs is 2. The molecular weight excluding hydrogens is 384 g/mol. The van der Waals surface area contributed by atoms with Gasteiger partial charge in [-0.15, -0.1) is 0 Å². The summed E-state index contributed by atoms with van der Waals surface area (Å²) in [6, 6.07) is 19.4. The lowest BCUT2D eigenvalue weighted by atomic mass is 10.1. The van der Waals surface area contributed by atoms with Crippen molar-refractivity contribution in [2.75, 3.05) is 0 Å². The maximum atomic E-state index is 13.2. The van der Waals surface area contributed by atoms with Crippen molar-refractivity contribution < 1.29 is 4.98 Å². The molecule has 0 bridgehead atoms. The molecule has 0 aliphatic heterocycles. The number of H-pyrrole nitrogens is 2. The highest BCUT2D eigenvalue weighted by Crippen LogP contribution is 2.21. The van der Waals surface area contributed by atoms with E-state index in [4.69, 9.17) is 0 Å². The highest BCUT2D eigenvalue weighted by Gasteiger charge is 2.22. The van der Waals surface area contributed by atoms with Crippen LogP contribution in [0.4, 0.5) is 0 Å². The number of nitrogens with one attached hydrogen (secondary N) is 2. The predicted molar refractivity (Wildman–Crippen MR) is 115 cm³/mol. The van der Waals surface area contributed by atoms with Crippen molar-refractivity contribution >= 4 is 32.5 Å². The van der Waals surface area contributed by atoms with E-state index >= 15 is 0 Å². The highest BCUT2D eigenvalue weighted by molar-refractivity contribution is 7.20. The zero-order valence-corrected chi connectivity index (χ0v) is 16.6. The van der Waals surface area contributed by atoms with Gasteiger partial charge in [-0.05, 0) is 42.4 Å². The predicted octanol–water partition coefficient (Wildman–Crippen LogP) is 3.06. The van der Waals surface area contributed by atoms with Gasteiger partial charge in [-0.25, -0.2) is 14.9 Å². The molecule has 5 aromatic rings. The minimum atomic E-state index is -0.159. The first-order valence-electron chi connectivity index (χ1n) is 9.42. The molecule has 0 aliphatic rings. The number of rotatable bonds is 4. The average molecular weight is 403 g/mol. The van der Waals surface area contributed by atoms with Crippen molar-refractivity contribution in [3.63, 3.8) is 0 Å². The first-order valence-corrected chi connectivity index (χ1v) is 10.2. The second kappa shape index (κ2) is 6.86. The average Bonchev–Trinajstić information content (AvgIpc) is 3.29. The van der Waals surface area contributed by atoms with E-state index in [1.165, 1.54) is 22.1 Å². The molecule has 0 unspecified atom stereocenters. The fraction of sp³-hybridized carbons (Fsp3) is 0.136. The Morgan fingerprint density at radius 2 is 1.79 bits per heavy atom. The lowest BCUT2D eigenvalue weighted by molar-refractivity contribution is -0.334. The molecule has 0 atom stereocenters. The molecule has 0 spiro atoms. The molecular formula is C22H19N4O2S+. The summed E-state index contributed by atoms with van der Waals surface area (Å²) in [5, 5.41) is 4.33. The number of hydrogen-bond acceptors (Lipinski definition) is 3. The Bertz CT molecular complexity index is 1420. The number of thiazole rings is 1. The molecule has 0 amide bonds. The van der Waals surface area contributed by atoms with Crippen LogP contribution in [-0.2, 0) is 13.0 Å². The summed E-state index contributed by atoms with van der Waals surface area (Å²) in [6.07, 6.45) is 0.732. The first-order chi connectivity index (χ1) is 14.1. The van der Waals surface area contributed by atoms with Crippen LogP contribution in [0.5, 0.6) is 0 Å².